The van der Waals surface area contributed by atoms with Crippen LogP contribution in [-0.4, -0.2) is 47.4 Å². The first-order chi connectivity index (χ1) is 41.5. The number of hydrogen-bond donors (Lipinski definition) is 3. The Morgan fingerprint density at radius 1 is 0.321 bits per heavy atom. The van der Waals surface area contributed by atoms with Gasteiger partial charge in [-0.25, -0.2) is 0 Å². The van der Waals surface area contributed by atoms with Gasteiger partial charge < -0.3 is 20.3 Å². The molecular formula is C78H153NO5. The van der Waals surface area contributed by atoms with Crippen LogP contribution in [-0.2, 0) is 14.3 Å². The molecule has 0 aliphatic heterocycles. The smallest absolute Gasteiger partial charge is 0.305 e. The average Bonchev–Trinajstić information content (AvgIpc) is 3.52. The van der Waals surface area contributed by atoms with E-state index in [4.69, 9.17) is 4.74 Å². The SMILES string of the molecule is CCCCCCCCCCCCCCCCCCCCCC(O)C(CO)NC(=O)CCCCCCCCCCCCCCCCCCC/C=C\CCCCCCCCCCCCCCOC(=O)CCCCCCCCCCCCCCCCC. The Balaban J connectivity index is 3.34. The van der Waals surface area contributed by atoms with Crippen molar-refractivity contribution in [1.29, 1.82) is 0 Å². The van der Waals surface area contributed by atoms with E-state index in [2.05, 4.69) is 31.3 Å². The molecule has 500 valence electrons. The van der Waals surface area contributed by atoms with Gasteiger partial charge in [0.05, 0.1) is 25.4 Å². The Morgan fingerprint density at radius 2 is 0.560 bits per heavy atom. The van der Waals surface area contributed by atoms with Crippen molar-refractivity contribution in [3.8, 4) is 0 Å². The van der Waals surface area contributed by atoms with Gasteiger partial charge in [-0.2, -0.15) is 0 Å². The third-order valence-electron chi connectivity index (χ3n) is 18.6. The first-order valence-electron chi connectivity index (χ1n) is 38.9. The number of unbranched alkanes of at least 4 members (excludes halogenated alkanes) is 61. The lowest BCUT2D eigenvalue weighted by Crippen LogP contribution is -2.45. The minimum absolute atomic E-state index is 0.0228. The van der Waals surface area contributed by atoms with E-state index < -0.39 is 12.1 Å². The summed E-state index contributed by atoms with van der Waals surface area (Å²) in [5, 5.41) is 23.4. The van der Waals surface area contributed by atoms with Crippen molar-refractivity contribution in [2.45, 2.75) is 463 Å². The fourth-order valence-electron chi connectivity index (χ4n) is 12.6. The van der Waals surface area contributed by atoms with Crippen LogP contribution in [0.4, 0.5) is 0 Å². The number of ether oxygens (including phenoxy) is 1. The van der Waals surface area contributed by atoms with Gasteiger partial charge in [0.1, 0.15) is 0 Å². The van der Waals surface area contributed by atoms with Crippen LogP contribution < -0.4 is 5.32 Å². The molecule has 3 N–H and O–H groups in total. The number of esters is 1. The van der Waals surface area contributed by atoms with Gasteiger partial charge in [-0.1, -0.05) is 398 Å². The maximum absolute atomic E-state index is 12.5. The van der Waals surface area contributed by atoms with Gasteiger partial charge in [-0.15, -0.1) is 0 Å². The number of aliphatic hydroxyl groups excluding tert-OH is 2. The van der Waals surface area contributed by atoms with Gasteiger partial charge in [0.15, 0.2) is 0 Å². The van der Waals surface area contributed by atoms with Crippen molar-refractivity contribution in [3.63, 3.8) is 0 Å². The second-order valence-corrected chi connectivity index (χ2v) is 27.0. The Kier molecular flexibility index (Phi) is 72.8. The monoisotopic (exact) mass is 1180 g/mol. The second kappa shape index (κ2) is 74.1. The molecule has 0 bridgehead atoms. The standard InChI is InChI=1S/C78H153NO5/c1-3-5-7-9-11-13-15-17-19-20-36-39-43-46-50-54-58-62-66-70-76(81)75(74-80)79-77(82)71-67-63-59-55-51-47-44-40-37-34-32-30-28-26-24-22-21-23-25-27-29-31-33-35-38-41-45-49-53-57-61-65-69-73-84-78(83)72-68-64-60-56-52-48-42-18-16-14-12-10-8-6-4-2/h25,27,75-76,80-81H,3-24,26,28-74H2,1-2H3,(H,79,82)/b27-25-. The van der Waals surface area contributed by atoms with Crippen molar-refractivity contribution in [1.82, 2.24) is 5.32 Å². The summed E-state index contributed by atoms with van der Waals surface area (Å²) in [5.74, 6) is -0.00396. The average molecular weight is 1190 g/mol. The van der Waals surface area contributed by atoms with Crippen molar-refractivity contribution in [2.75, 3.05) is 13.2 Å². The van der Waals surface area contributed by atoms with Crippen molar-refractivity contribution in [3.05, 3.63) is 12.2 Å². The van der Waals surface area contributed by atoms with Crippen molar-refractivity contribution < 1.29 is 24.5 Å². The van der Waals surface area contributed by atoms with E-state index in [1.54, 1.807) is 0 Å². The van der Waals surface area contributed by atoms with Gasteiger partial charge in [0, 0.05) is 12.8 Å². The molecule has 0 heterocycles. The molecule has 0 saturated carbocycles. The number of carbonyl (C=O) groups is 2. The largest absolute Gasteiger partial charge is 0.466 e. The Labute approximate surface area is 527 Å². The summed E-state index contributed by atoms with van der Waals surface area (Å²) in [6.07, 6.45) is 93.0. The Morgan fingerprint density at radius 3 is 0.845 bits per heavy atom. The van der Waals surface area contributed by atoms with Crippen LogP contribution in [0.15, 0.2) is 12.2 Å². The summed E-state index contributed by atoms with van der Waals surface area (Å²) < 4.78 is 5.50. The number of allylic oxidation sites excluding steroid dienone is 2. The number of amides is 1. The molecule has 2 atom stereocenters. The van der Waals surface area contributed by atoms with E-state index in [-0.39, 0.29) is 18.5 Å². The van der Waals surface area contributed by atoms with Gasteiger partial charge in [-0.3, -0.25) is 9.59 Å². The fraction of sp³-hybridized carbons (Fsp3) is 0.949. The van der Waals surface area contributed by atoms with Crippen LogP contribution in [0, 0.1) is 0 Å². The van der Waals surface area contributed by atoms with Gasteiger partial charge >= 0.3 is 5.97 Å². The minimum atomic E-state index is -0.662. The van der Waals surface area contributed by atoms with Gasteiger partial charge in [0.25, 0.3) is 0 Å². The van der Waals surface area contributed by atoms with Gasteiger partial charge in [-0.05, 0) is 51.4 Å². The summed E-state index contributed by atoms with van der Waals surface area (Å²) in [6.45, 7) is 5.01. The third kappa shape index (κ3) is 69.7. The third-order valence-corrected chi connectivity index (χ3v) is 18.6. The van der Waals surface area contributed by atoms with E-state index in [9.17, 15) is 19.8 Å². The minimum Gasteiger partial charge on any atom is -0.466 e. The molecule has 0 aliphatic carbocycles. The molecule has 0 aromatic carbocycles. The summed E-state index contributed by atoms with van der Waals surface area (Å²) >= 11 is 0. The maximum Gasteiger partial charge on any atom is 0.305 e. The Hall–Kier alpha value is -1.40. The highest BCUT2D eigenvalue weighted by Gasteiger charge is 2.20. The van der Waals surface area contributed by atoms with Crippen LogP contribution in [0.1, 0.15) is 450 Å². The predicted molar refractivity (Wildman–Crippen MR) is 370 cm³/mol. The highest BCUT2D eigenvalue weighted by atomic mass is 16.5. The number of aliphatic hydroxyl groups is 2. The Bertz CT molecular complexity index is 1270. The van der Waals surface area contributed by atoms with E-state index in [1.807, 2.05) is 0 Å². The fourth-order valence-corrected chi connectivity index (χ4v) is 12.6. The van der Waals surface area contributed by atoms with Crippen LogP contribution in [0.5, 0.6) is 0 Å². The summed E-state index contributed by atoms with van der Waals surface area (Å²) in [6, 6.07) is -0.539. The van der Waals surface area contributed by atoms with Gasteiger partial charge in [0.2, 0.25) is 5.91 Å². The second-order valence-electron chi connectivity index (χ2n) is 27.0. The molecule has 6 heteroatoms. The first kappa shape index (κ1) is 82.6. The molecule has 0 aromatic heterocycles. The lowest BCUT2D eigenvalue weighted by Gasteiger charge is -2.22. The number of hydrogen-bond acceptors (Lipinski definition) is 5. The first-order valence-corrected chi connectivity index (χ1v) is 38.9. The van der Waals surface area contributed by atoms with E-state index in [1.165, 1.54) is 379 Å². The molecule has 0 aromatic rings. The lowest BCUT2D eigenvalue weighted by molar-refractivity contribution is -0.143. The highest BCUT2D eigenvalue weighted by molar-refractivity contribution is 5.76. The number of rotatable bonds is 74. The zero-order chi connectivity index (χ0) is 60.6. The molecule has 0 spiro atoms. The number of nitrogens with one attached hydrogen (secondary N) is 1. The normalized spacial score (nSPS) is 12.5. The van der Waals surface area contributed by atoms with Crippen LogP contribution in [0.25, 0.3) is 0 Å². The summed E-state index contributed by atoms with van der Waals surface area (Å²) in [5.41, 5.74) is 0. The van der Waals surface area contributed by atoms with E-state index in [0.29, 0.717) is 25.9 Å². The van der Waals surface area contributed by atoms with Crippen molar-refractivity contribution >= 4 is 11.9 Å². The molecule has 0 fully saturated rings. The summed E-state index contributed by atoms with van der Waals surface area (Å²) in [4.78, 5) is 24.6. The molecule has 0 saturated heterocycles. The quantitative estimate of drug-likeness (QED) is 0.0320. The number of carbonyl (C=O) groups excluding carboxylic acids is 2. The molecule has 0 radical (unpaired) electrons. The van der Waals surface area contributed by atoms with Crippen LogP contribution in [0.3, 0.4) is 0 Å². The molecule has 0 rings (SSSR count). The molecule has 1 amide bonds. The van der Waals surface area contributed by atoms with Crippen molar-refractivity contribution in [2.24, 2.45) is 0 Å². The maximum atomic E-state index is 12.5. The van der Waals surface area contributed by atoms with E-state index in [0.717, 1.165) is 38.5 Å². The molecule has 84 heavy (non-hydrogen) atoms. The molecular weight excluding hydrogens is 1030 g/mol. The van der Waals surface area contributed by atoms with E-state index >= 15 is 0 Å². The van der Waals surface area contributed by atoms with Crippen LogP contribution >= 0.6 is 0 Å². The summed E-state index contributed by atoms with van der Waals surface area (Å²) in [7, 11) is 0. The zero-order valence-electron chi connectivity index (χ0n) is 57.4. The highest BCUT2D eigenvalue weighted by Crippen LogP contribution is 2.20. The molecule has 0 aliphatic rings. The predicted octanol–water partition coefficient (Wildman–Crippen LogP) is 25.5. The molecule has 6 nitrogen and oxygen atoms in total. The zero-order valence-corrected chi connectivity index (χ0v) is 57.4. The topological polar surface area (TPSA) is 95.9 Å². The molecule has 2 unspecified atom stereocenters. The van der Waals surface area contributed by atoms with Crippen LogP contribution in [0.2, 0.25) is 0 Å². The lowest BCUT2D eigenvalue weighted by atomic mass is 10.0.